The predicted octanol–water partition coefficient (Wildman–Crippen LogP) is -8.70. The van der Waals surface area contributed by atoms with E-state index < -0.39 is 15.9 Å². The van der Waals surface area contributed by atoms with Gasteiger partial charge in [0.1, 0.15) is 0 Å². The van der Waals surface area contributed by atoms with Crippen molar-refractivity contribution in [3.8, 4) is 0 Å². The molecule has 0 spiro atoms. The molecule has 0 amide bonds. The maximum Gasteiger partial charge on any atom is 1.00 e. The topological polar surface area (TPSA) is 80.3 Å². The number of carboxylic acids is 2. The summed E-state index contributed by atoms with van der Waals surface area (Å²) in [5.74, 6) is -3.27. The predicted molar refractivity (Wildman–Crippen MR) is 27.8 cm³/mol. The van der Waals surface area contributed by atoms with Crippen molar-refractivity contribution < 1.29 is 123 Å². The van der Waals surface area contributed by atoms with Crippen LogP contribution in [0, 0.1) is 0 Å². The third-order valence-corrected chi connectivity index (χ3v) is 1.43. The normalized spacial score (nSPS) is 7.40. The zero-order valence-electron chi connectivity index (χ0n) is 5.59. The van der Waals surface area contributed by atoms with E-state index in [2.05, 4.69) is 0 Å². The number of hydrogen-bond donors (Lipinski definition) is 0. The summed E-state index contributed by atoms with van der Waals surface area (Å²) in [5.41, 5.74) is 0. The van der Waals surface area contributed by atoms with E-state index in [9.17, 15) is 19.8 Å². The molecule has 0 rings (SSSR count). The first kappa shape index (κ1) is 18.7. The molecule has 0 heterocycles. The number of carbonyl (C=O) groups is 2. The standard InChI is InChI=1S/C3H3IO4.2K/c4-1(2(5)6)3(7)8;;/h1H,(H,5,6)(H,7,8);;/q;2*+1/p-2. The van der Waals surface area contributed by atoms with Gasteiger partial charge >= 0.3 is 103 Å². The molecule has 0 unspecified atom stereocenters. The quantitative estimate of drug-likeness (QED) is 0.220. The van der Waals surface area contributed by atoms with Crippen molar-refractivity contribution >= 4 is 34.5 Å². The van der Waals surface area contributed by atoms with Crippen LogP contribution in [0.25, 0.3) is 0 Å². The Kier molecular flexibility index (Phi) is 18.7. The van der Waals surface area contributed by atoms with Gasteiger partial charge in [0.15, 0.2) is 0 Å². The Morgan fingerprint density at radius 1 is 1.10 bits per heavy atom. The maximum absolute atomic E-state index is 9.60. The van der Waals surface area contributed by atoms with Gasteiger partial charge in [0.2, 0.25) is 0 Å². The molecule has 0 radical (unpaired) electrons. The second-order valence-corrected chi connectivity index (χ2v) is 2.25. The van der Waals surface area contributed by atoms with E-state index in [0.29, 0.717) is 0 Å². The number of carboxylic acid groups (broad SMARTS) is 2. The summed E-state index contributed by atoms with van der Waals surface area (Å²) < 4.78 is -1.55. The first-order valence-electron chi connectivity index (χ1n) is 1.61. The number of aliphatic carboxylic acids is 2. The molecule has 46 valence electrons. The fourth-order valence-electron chi connectivity index (χ4n) is 0.0962. The van der Waals surface area contributed by atoms with Crippen LogP contribution in [-0.2, 0) is 9.59 Å². The third-order valence-electron chi connectivity index (χ3n) is 0.414. The Hall–Kier alpha value is 2.94. The van der Waals surface area contributed by atoms with Gasteiger partial charge in [-0.25, -0.2) is 0 Å². The third kappa shape index (κ3) is 9.03. The number of hydrogen-bond acceptors (Lipinski definition) is 4. The minimum Gasteiger partial charge on any atom is -0.549 e. The van der Waals surface area contributed by atoms with E-state index >= 15 is 0 Å². The van der Waals surface area contributed by atoms with Gasteiger partial charge in [0.05, 0.1) is 15.9 Å². The first-order chi connectivity index (χ1) is 3.55. The van der Waals surface area contributed by atoms with Gasteiger partial charge in [-0.2, -0.15) is 0 Å². The molecular weight excluding hydrogens is 305 g/mol. The summed E-state index contributed by atoms with van der Waals surface area (Å²) in [6.07, 6.45) is 0. The van der Waals surface area contributed by atoms with Crippen LogP contribution in [0.3, 0.4) is 0 Å². The van der Waals surface area contributed by atoms with Gasteiger partial charge in [0.25, 0.3) is 0 Å². The van der Waals surface area contributed by atoms with Crippen molar-refractivity contribution in [2.75, 3.05) is 0 Å². The van der Waals surface area contributed by atoms with Crippen LogP contribution in [0.5, 0.6) is 0 Å². The Labute approximate surface area is 156 Å². The monoisotopic (exact) mass is 306 g/mol. The van der Waals surface area contributed by atoms with Crippen LogP contribution in [0.15, 0.2) is 0 Å². The van der Waals surface area contributed by atoms with Crippen molar-refractivity contribution in [1.29, 1.82) is 0 Å². The Morgan fingerprint density at radius 2 is 1.30 bits per heavy atom. The van der Waals surface area contributed by atoms with E-state index in [4.69, 9.17) is 0 Å². The van der Waals surface area contributed by atoms with E-state index in [1.54, 1.807) is 0 Å². The fraction of sp³-hybridized carbons (Fsp3) is 0.333. The Balaban J connectivity index is -0.000000245. The Morgan fingerprint density at radius 3 is 1.30 bits per heavy atom. The summed E-state index contributed by atoms with van der Waals surface area (Å²) >= 11 is 1.20. The van der Waals surface area contributed by atoms with Gasteiger partial charge in [-0.3, -0.25) is 0 Å². The van der Waals surface area contributed by atoms with Gasteiger partial charge in [-0.1, -0.05) is 22.6 Å². The van der Waals surface area contributed by atoms with Gasteiger partial charge < -0.3 is 19.8 Å². The van der Waals surface area contributed by atoms with Crippen LogP contribution >= 0.6 is 22.6 Å². The van der Waals surface area contributed by atoms with Gasteiger partial charge in [-0.15, -0.1) is 0 Å². The van der Waals surface area contributed by atoms with Gasteiger partial charge in [0, 0.05) is 0 Å². The molecule has 0 aromatic carbocycles. The number of alkyl halides is 1. The van der Waals surface area contributed by atoms with Crippen LogP contribution < -0.4 is 113 Å². The van der Waals surface area contributed by atoms with Crippen LogP contribution in [0.1, 0.15) is 0 Å². The molecule has 0 fully saturated rings. The van der Waals surface area contributed by atoms with Gasteiger partial charge in [-0.05, 0) is 0 Å². The minimum atomic E-state index is -1.63. The molecule has 0 aliphatic heterocycles. The number of halogens is 1. The summed E-state index contributed by atoms with van der Waals surface area (Å²) in [4.78, 5) is 19.2. The Bertz CT molecular complexity index is 114. The average Bonchev–Trinajstić information content (AvgIpc) is 1.64. The summed E-state index contributed by atoms with van der Waals surface area (Å²) in [5, 5.41) is 19.2. The smallest absolute Gasteiger partial charge is 0.549 e. The molecule has 0 N–H and O–H groups in total. The maximum atomic E-state index is 9.60. The SMILES string of the molecule is O=C([O-])C(I)C(=O)[O-].[K+].[K+]. The zero-order valence-corrected chi connectivity index (χ0v) is 14.0. The molecule has 0 aliphatic rings. The van der Waals surface area contributed by atoms with Crippen LogP contribution in [0.2, 0.25) is 0 Å². The summed E-state index contributed by atoms with van der Waals surface area (Å²) in [6.45, 7) is 0. The van der Waals surface area contributed by atoms with Crippen molar-refractivity contribution in [3.63, 3.8) is 0 Å². The summed E-state index contributed by atoms with van der Waals surface area (Å²) in [6, 6.07) is 0. The minimum absolute atomic E-state index is 0. The molecule has 0 saturated carbocycles. The van der Waals surface area contributed by atoms with Crippen LogP contribution in [0.4, 0.5) is 0 Å². The van der Waals surface area contributed by atoms with Crippen molar-refractivity contribution in [3.05, 3.63) is 0 Å². The molecule has 0 aromatic rings. The fourth-order valence-corrected chi connectivity index (χ4v) is 0.0962. The van der Waals surface area contributed by atoms with E-state index in [1.807, 2.05) is 0 Å². The van der Waals surface area contributed by atoms with Crippen LogP contribution in [-0.4, -0.2) is 15.9 Å². The molecule has 4 nitrogen and oxygen atoms in total. The number of carbonyl (C=O) groups excluding carboxylic acids is 2. The second-order valence-electron chi connectivity index (χ2n) is 1.00. The molecule has 0 aliphatic carbocycles. The molecule has 10 heavy (non-hydrogen) atoms. The van der Waals surface area contributed by atoms with Crippen molar-refractivity contribution in [2.24, 2.45) is 0 Å². The van der Waals surface area contributed by atoms with Crippen molar-refractivity contribution in [1.82, 2.24) is 0 Å². The molecule has 0 aromatic heterocycles. The second kappa shape index (κ2) is 10.0. The molecule has 0 saturated heterocycles. The molecule has 0 atom stereocenters. The van der Waals surface area contributed by atoms with Crippen molar-refractivity contribution in [2.45, 2.75) is 3.92 Å². The average molecular weight is 306 g/mol. The zero-order chi connectivity index (χ0) is 6.73. The summed E-state index contributed by atoms with van der Waals surface area (Å²) in [7, 11) is 0. The largest absolute Gasteiger partial charge is 1.00 e. The first-order valence-corrected chi connectivity index (χ1v) is 2.86. The molecule has 0 bridgehead atoms. The molecule has 7 heteroatoms. The molecular formula is C3HIK2O4. The number of rotatable bonds is 2. The van der Waals surface area contributed by atoms with E-state index in [1.165, 1.54) is 22.6 Å². The van der Waals surface area contributed by atoms with E-state index in [-0.39, 0.29) is 103 Å². The van der Waals surface area contributed by atoms with E-state index in [0.717, 1.165) is 0 Å².